The number of furan rings is 1. The molecule has 0 atom stereocenters. The van der Waals surface area contributed by atoms with Gasteiger partial charge in [0.15, 0.2) is 19.9 Å². The van der Waals surface area contributed by atoms with Gasteiger partial charge in [-0.25, -0.2) is 8.78 Å². The van der Waals surface area contributed by atoms with Crippen LogP contribution in [-0.2, 0) is 26.6 Å². The van der Waals surface area contributed by atoms with E-state index in [4.69, 9.17) is 23.1 Å². The molecule has 0 radical (unpaired) electrons. The number of hydrogen-bond donors (Lipinski definition) is 0. The number of rotatable bonds is 11. The van der Waals surface area contributed by atoms with Gasteiger partial charge in [0.25, 0.3) is 5.56 Å². The molecule has 0 aliphatic heterocycles. The van der Waals surface area contributed by atoms with E-state index in [0.29, 0.717) is 41.1 Å². The molecule has 3 aromatic carbocycles. The average molecular weight is 732 g/mol. The minimum Gasteiger partial charge on any atom is -0.491 e. The fourth-order valence-electron chi connectivity index (χ4n) is 5.86. The summed E-state index contributed by atoms with van der Waals surface area (Å²) in [5.74, 6) is -0.872. The summed E-state index contributed by atoms with van der Waals surface area (Å²) in [6.45, 7) is 20.7. The number of carbonyl (C=O) groups excluding carboxylic acids is 1. The summed E-state index contributed by atoms with van der Waals surface area (Å²) in [4.78, 5) is 25.5. The number of pyridine rings is 1. The monoisotopic (exact) mass is 731 g/mol. The third kappa shape index (κ3) is 8.00. The number of hydrogen-bond acceptors (Lipinski definition) is 7. The van der Waals surface area contributed by atoms with E-state index in [0.717, 1.165) is 34.6 Å². The van der Waals surface area contributed by atoms with Gasteiger partial charge in [0, 0.05) is 42.9 Å². The van der Waals surface area contributed by atoms with Gasteiger partial charge in [-0.05, 0) is 105 Å². The van der Waals surface area contributed by atoms with Crippen molar-refractivity contribution in [3.05, 3.63) is 99.5 Å². The third-order valence-electron chi connectivity index (χ3n) is 9.67. The molecule has 2 aromatic heterocycles. The molecule has 11 heteroatoms. The van der Waals surface area contributed by atoms with Crippen LogP contribution in [-0.4, -0.2) is 32.1 Å². The van der Waals surface area contributed by atoms with E-state index >= 15 is 0 Å². The molecule has 0 aliphatic carbocycles. The summed E-state index contributed by atoms with van der Waals surface area (Å²) in [5.41, 5.74) is 2.99. The fraction of sp³-hybridized carbons (Fsp3) is 0.366. The summed E-state index contributed by atoms with van der Waals surface area (Å²) in [6.07, 6.45) is 1.61. The molecular formula is C41H47F2NO7Si. The Labute approximate surface area is 304 Å². The molecule has 5 aromatic rings. The second kappa shape index (κ2) is 14.3. The molecule has 0 spiro atoms. The number of nitrogens with zero attached hydrogens (tertiary/aromatic N) is 1. The second-order valence-corrected chi connectivity index (χ2v) is 20.0. The highest BCUT2D eigenvalue weighted by molar-refractivity contribution is 6.74. The molecule has 8 nitrogen and oxygen atoms in total. The van der Waals surface area contributed by atoms with Crippen molar-refractivity contribution in [1.82, 2.24) is 4.57 Å². The molecule has 0 N–H and O–H groups in total. The Balaban J connectivity index is 1.58. The van der Waals surface area contributed by atoms with Gasteiger partial charge in [0.2, 0.25) is 0 Å². The van der Waals surface area contributed by atoms with Crippen molar-refractivity contribution in [3.8, 4) is 39.7 Å². The number of esters is 1. The van der Waals surface area contributed by atoms with E-state index < -0.39 is 31.5 Å². The van der Waals surface area contributed by atoms with Gasteiger partial charge in [0.1, 0.15) is 40.9 Å². The Morgan fingerprint density at radius 1 is 0.885 bits per heavy atom. The Hall–Kier alpha value is -4.74. The maximum Gasteiger partial charge on any atom is 0.303 e. The van der Waals surface area contributed by atoms with E-state index in [2.05, 4.69) is 33.9 Å². The molecule has 2 heterocycles. The van der Waals surface area contributed by atoms with Crippen molar-refractivity contribution in [2.45, 2.75) is 79.1 Å². The summed E-state index contributed by atoms with van der Waals surface area (Å²) in [7, 11) is -0.278. The first-order valence-electron chi connectivity index (χ1n) is 17.2. The van der Waals surface area contributed by atoms with E-state index in [9.17, 15) is 18.4 Å². The lowest BCUT2D eigenvalue weighted by atomic mass is 9.93. The minimum absolute atomic E-state index is 0.104. The normalized spacial score (nSPS) is 12.3. The Morgan fingerprint density at radius 2 is 1.54 bits per heavy atom. The van der Waals surface area contributed by atoms with Gasteiger partial charge in [-0.1, -0.05) is 26.8 Å². The van der Waals surface area contributed by atoms with Crippen LogP contribution in [0.1, 0.15) is 58.2 Å². The summed E-state index contributed by atoms with van der Waals surface area (Å²) >= 11 is 0. The lowest BCUT2D eigenvalue weighted by molar-refractivity contribution is -0.154. The smallest absolute Gasteiger partial charge is 0.303 e. The predicted octanol–water partition coefficient (Wildman–Crippen LogP) is 10.4. The number of aryl methyl sites for hydroxylation is 3. The van der Waals surface area contributed by atoms with Crippen molar-refractivity contribution in [2.24, 2.45) is 7.05 Å². The maximum atomic E-state index is 14.8. The van der Waals surface area contributed by atoms with Gasteiger partial charge in [-0.15, -0.1) is 0 Å². The fourth-order valence-corrected chi connectivity index (χ4v) is 6.89. The highest BCUT2D eigenvalue weighted by Crippen LogP contribution is 2.43. The number of fused-ring (bicyclic) bond motifs is 1. The zero-order valence-corrected chi connectivity index (χ0v) is 32.7. The summed E-state index contributed by atoms with van der Waals surface area (Å²) in [5, 5.41) is 0.420. The molecule has 276 valence electrons. The first kappa shape index (κ1) is 38.5. The summed E-state index contributed by atoms with van der Waals surface area (Å²) < 4.78 is 60.6. The zero-order valence-electron chi connectivity index (χ0n) is 31.7. The molecule has 0 unspecified atom stereocenters. The van der Waals surface area contributed by atoms with Crippen molar-refractivity contribution in [3.63, 3.8) is 0 Å². The van der Waals surface area contributed by atoms with Crippen LogP contribution in [0.25, 0.3) is 33.4 Å². The van der Waals surface area contributed by atoms with Crippen molar-refractivity contribution in [1.29, 1.82) is 0 Å². The topological polar surface area (TPSA) is 89.1 Å². The molecule has 0 saturated carbocycles. The molecule has 5 rings (SSSR count). The Bertz CT molecular complexity index is 2190. The Kier molecular flexibility index (Phi) is 10.6. The highest BCUT2D eigenvalue weighted by atomic mass is 28.4. The van der Waals surface area contributed by atoms with Gasteiger partial charge < -0.3 is 27.6 Å². The number of ether oxygens (including phenoxy) is 3. The van der Waals surface area contributed by atoms with Gasteiger partial charge in [0.05, 0.1) is 12.0 Å². The lowest BCUT2D eigenvalue weighted by Gasteiger charge is -2.36. The van der Waals surface area contributed by atoms with E-state index in [-0.39, 0.29) is 27.7 Å². The quantitative estimate of drug-likeness (QED) is 0.0759. The van der Waals surface area contributed by atoms with Gasteiger partial charge in [-0.2, -0.15) is 0 Å². The first-order valence-corrected chi connectivity index (χ1v) is 20.1. The second-order valence-electron chi connectivity index (χ2n) is 15.2. The summed E-state index contributed by atoms with van der Waals surface area (Å²) in [6, 6.07) is 13.7. The van der Waals surface area contributed by atoms with Crippen LogP contribution in [0.3, 0.4) is 0 Å². The zero-order chi connectivity index (χ0) is 38.3. The Morgan fingerprint density at radius 3 is 2.15 bits per heavy atom. The number of aromatic nitrogens is 1. The van der Waals surface area contributed by atoms with E-state index in [1.54, 1.807) is 51.4 Å². The van der Waals surface area contributed by atoms with Crippen molar-refractivity contribution in [2.75, 3.05) is 13.2 Å². The van der Waals surface area contributed by atoms with Crippen LogP contribution in [0.5, 0.6) is 17.2 Å². The highest BCUT2D eigenvalue weighted by Gasteiger charge is 2.37. The number of halogens is 2. The molecule has 0 amide bonds. The standard InChI is InChI=1S/C41H47F2NO7Si/c1-24-18-27(19-25(2)37(24)47-16-17-48-52(10,11)40(4,5)6)36-22-31-38(50-36)32(23-44(9)39(31)46)30-20-28(41(7,8)51-26(3)45)12-14-34(30)49-35-15-13-29(42)21-33(35)43/h12-15,18-23H,16-17H2,1-11H3. The third-order valence-corrected chi connectivity index (χ3v) is 14.2. The van der Waals surface area contributed by atoms with Gasteiger partial charge in [-0.3, -0.25) is 9.59 Å². The van der Waals surface area contributed by atoms with Crippen LogP contribution in [0.2, 0.25) is 18.1 Å². The molecule has 0 saturated heterocycles. The molecular weight excluding hydrogens is 685 g/mol. The minimum atomic E-state index is -1.90. The van der Waals surface area contributed by atoms with Crippen LogP contribution >= 0.6 is 0 Å². The maximum absolute atomic E-state index is 14.8. The lowest BCUT2D eigenvalue weighted by Crippen LogP contribution is -2.41. The molecule has 0 bridgehead atoms. The predicted molar refractivity (Wildman–Crippen MR) is 202 cm³/mol. The van der Waals surface area contributed by atoms with Gasteiger partial charge >= 0.3 is 5.97 Å². The first-order chi connectivity index (χ1) is 24.2. The molecule has 0 aliphatic rings. The number of benzene rings is 3. The van der Waals surface area contributed by atoms with Crippen molar-refractivity contribution >= 4 is 25.3 Å². The van der Waals surface area contributed by atoms with Crippen LogP contribution in [0.4, 0.5) is 8.78 Å². The SMILES string of the molecule is CC(=O)OC(C)(C)c1ccc(Oc2ccc(F)cc2F)c(-c2cn(C)c(=O)c3cc(-c4cc(C)c(OCCO[Si](C)(C)C(C)(C)C)c(C)c4)oc23)c1. The molecule has 0 fully saturated rings. The largest absolute Gasteiger partial charge is 0.491 e. The molecule has 52 heavy (non-hydrogen) atoms. The average Bonchev–Trinajstić information content (AvgIpc) is 3.48. The van der Waals surface area contributed by atoms with Crippen LogP contribution in [0.15, 0.2) is 70.0 Å². The van der Waals surface area contributed by atoms with Crippen molar-refractivity contribution < 1.29 is 36.6 Å². The van der Waals surface area contributed by atoms with E-state index in [1.165, 1.54) is 17.6 Å². The number of carbonyl (C=O) groups is 1. The van der Waals surface area contributed by atoms with Crippen LogP contribution < -0.4 is 15.0 Å². The van der Waals surface area contributed by atoms with Crippen LogP contribution in [0, 0.1) is 25.5 Å². The van der Waals surface area contributed by atoms with E-state index in [1.807, 2.05) is 26.0 Å².